The summed E-state index contributed by atoms with van der Waals surface area (Å²) in [7, 11) is 0. The number of rotatable bonds is 5. The highest BCUT2D eigenvalue weighted by Crippen LogP contribution is 2.15. The van der Waals surface area contributed by atoms with Crippen molar-refractivity contribution in [3.8, 4) is 0 Å². The predicted molar refractivity (Wildman–Crippen MR) is 58.9 cm³/mol. The Balaban J connectivity index is 2.28. The van der Waals surface area contributed by atoms with Crippen molar-refractivity contribution in [3.05, 3.63) is 22.6 Å². The minimum atomic E-state index is -0.246. The van der Waals surface area contributed by atoms with Crippen LogP contribution >= 0.6 is 15.9 Å². The smallest absolute Gasteiger partial charge is 0.169 e. The lowest BCUT2D eigenvalue weighted by atomic mass is 10.0. The summed E-state index contributed by atoms with van der Waals surface area (Å²) in [4.78, 5) is 0. The molecule has 0 aliphatic carbocycles. The summed E-state index contributed by atoms with van der Waals surface area (Å²) in [5.74, 6) is 0.809. The fraction of sp³-hybridized carbons (Fsp3) is 0.600. The average molecular weight is 262 g/mol. The van der Waals surface area contributed by atoms with Crippen LogP contribution < -0.4 is 5.73 Å². The molecule has 3 nitrogen and oxygen atoms in total. The third-order valence-electron chi connectivity index (χ3n) is 2.11. The molecule has 0 radical (unpaired) electrons. The van der Waals surface area contributed by atoms with E-state index in [1.807, 2.05) is 26.0 Å². The average Bonchev–Trinajstić information content (AvgIpc) is 2.51. The third kappa shape index (κ3) is 3.82. The topological polar surface area (TPSA) is 48.4 Å². The van der Waals surface area contributed by atoms with Gasteiger partial charge in [-0.2, -0.15) is 0 Å². The summed E-state index contributed by atoms with van der Waals surface area (Å²) in [5, 5.41) is 0. The van der Waals surface area contributed by atoms with Crippen LogP contribution in [0.25, 0.3) is 0 Å². The Bertz CT molecular complexity index is 283. The maximum absolute atomic E-state index is 5.92. The van der Waals surface area contributed by atoms with Gasteiger partial charge >= 0.3 is 0 Å². The molecule has 0 saturated heterocycles. The summed E-state index contributed by atoms with van der Waals surface area (Å²) in [6, 6.07) is 3.73. The van der Waals surface area contributed by atoms with E-state index in [0.29, 0.717) is 13.2 Å². The Morgan fingerprint density at radius 1 is 1.57 bits per heavy atom. The molecular formula is C10H16BrNO2. The highest BCUT2D eigenvalue weighted by molar-refractivity contribution is 9.10. The molecule has 14 heavy (non-hydrogen) atoms. The zero-order valence-corrected chi connectivity index (χ0v) is 10.1. The van der Waals surface area contributed by atoms with E-state index in [1.54, 1.807) is 0 Å². The fourth-order valence-electron chi connectivity index (χ4n) is 0.916. The zero-order chi connectivity index (χ0) is 10.6. The van der Waals surface area contributed by atoms with Gasteiger partial charge in [0.05, 0.1) is 6.61 Å². The van der Waals surface area contributed by atoms with Crippen LogP contribution in [-0.4, -0.2) is 12.1 Å². The zero-order valence-electron chi connectivity index (χ0n) is 8.55. The molecule has 1 rings (SSSR count). The molecule has 1 heterocycles. The van der Waals surface area contributed by atoms with E-state index in [-0.39, 0.29) is 5.54 Å². The number of furan rings is 1. The van der Waals surface area contributed by atoms with Gasteiger partial charge in [-0.3, -0.25) is 0 Å². The first-order valence-corrected chi connectivity index (χ1v) is 5.43. The second-order valence-electron chi connectivity index (χ2n) is 3.71. The normalized spacial score (nSPS) is 15.4. The van der Waals surface area contributed by atoms with Crippen molar-refractivity contribution in [1.29, 1.82) is 0 Å². The summed E-state index contributed by atoms with van der Waals surface area (Å²) < 4.78 is 11.5. The first kappa shape index (κ1) is 11.8. The Labute approximate surface area is 92.7 Å². The van der Waals surface area contributed by atoms with Gasteiger partial charge in [-0.1, -0.05) is 6.92 Å². The van der Waals surface area contributed by atoms with Crippen LogP contribution in [0.1, 0.15) is 26.0 Å². The molecule has 1 unspecified atom stereocenters. The summed E-state index contributed by atoms with van der Waals surface area (Å²) in [6.07, 6.45) is 0.898. The quantitative estimate of drug-likeness (QED) is 0.887. The van der Waals surface area contributed by atoms with Crippen LogP contribution in [0.3, 0.4) is 0 Å². The minimum Gasteiger partial charge on any atom is -0.452 e. The molecule has 1 atom stereocenters. The number of ether oxygens (including phenoxy) is 1. The monoisotopic (exact) mass is 261 g/mol. The molecule has 0 saturated carbocycles. The van der Waals surface area contributed by atoms with Crippen molar-refractivity contribution in [2.45, 2.75) is 32.4 Å². The molecule has 1 aromatic rings. The number of hydrogen-bond donors (Lipinski definition) is 1. The lowest BCUT2D eigenvalue weighted by Gasteiger charge is -2.21. The Morgan fingerprint density at radius 2 is 2.29 bits per heavy atom. The van der Waals surface area contributed by atoms with E-state index < -0.39 is 0 Å². The standard InChI is InChI=1S/C10H16BrNO2/c1-3-10(2,12)7-13-6-8-4-5-9(11)14-8/h4-5H,3,6-7,12H2,1-2H3. The maximum Gasteiger partial charge on any atom is 0.169 e. The van der Waals surface area contributed by atoms with Crippen molar-refractivity contribution < 1.29 is 9.15 Å². The van der Waals surface area contributed by atoms with E-state index in [1.165, 1.54) is 0 Å². The second-order valence-corrected chi connectivity index (χ2v) is 4.49. The molecule has 2 N–H and O–H groups in total. The fourth-order valence-corrected chi connectivity index (χ4v) is 1.26. The molecule has 0 bridgehead atoms. The van der Waals surface area contributed by atoms with Crippen LogP contribution in [0, 0.1) is 0 Å². The van der Waals surface area contributed by atoms with Crippen molar-refractivity contribution in [1.82, 2.24) is 0 Å². The van der Waals surface area contributed by atoms with Crippen molar-refractivity contribution in [2.24, 2.45) is 5.73 Å². The van der Waals surface area contributed by atoms with Gasteiger partial charge in [0.2, 0.25) is 0 Å². The van der Waals surface area contributed by atoms with E-state index in [2.05, 4.69) is 15.9 Å². The molecule has 0 aromatic carbocycles. The van der Waals surface area contributed by atoms with Crippen LogP contribution in [0.5, 0.6) is 0 Å². The van der Waals surface area contributed by atoms with Gasteiger partial charge in [0.25, 0.3) is 0 Å². The summed E-state index contributed by atoms with van der Waals surface area (Å²) in [6.45, 7) is 5.04. The van der Waals surface area contributed by atoms with Crippen molar-refractivity contribution in [3.63, 3.8) is 0 Å². The third-order valence-corrected chi connectivity index (χ3v) is 2.54. The molecule has 1 aromatic heterocycles. The SMILES string of the molecule is CCC(C)(N)COCc1ccc(Br)o1. The highest BCUT2D eigenvalue weighted by atomic mass is 79.9. The summed E-state index contributed by atoms with van der Waals surface area (Å²) in [5.41, 5.74) is 5.67. The van der Waals surface area contributed by atoms with Gasteiger partial charge in [0, 0.05) is 5.54 Å². The first-order valence-electron chi connectivity index (χ1n) is 4.64. The van der Waals surface area contributed by atoms with Gasteiger partial charge in [-0.15, -0.1) is 0 Å². The molecule has 0 aliphatic heterocycles. The van der Waals surface area contributed by atoms with Crippen LogP contribution in [0.4, 0.5) is 0 Å². The van der Waals surface area contributed by atoms with Gasteiger partial charge < -0.3 is 14.9 Å². The van der Waals surface area contributed by atoms with E-state index in [0.717, 1.165) is 16.9 Å². The summed E-state index contributed by atoms with van der Waals surface area (Å²) >= 11 is 3.23. The van der Waals surface area contributed by atoms with Gasteiger partial charge in [0.1, 0.15) is 12.4 Å². The molecule has 0 spiro atoms. The molecular weight excluding hydrogens is 246 g/mol. The molecule has 0 amide bonds. The Kier molecular flexibility index (Phi) is 4.16. The van der Waals surface area contributed by atoms with Gasteiger partial charge in [-0.05, 0) is 41.4 Å². The number of nitrogens with two attached hydrogens (primary N) is 1. The second kappa shape index (κ2) is 4.96. The lowest BCUT2D eigenvalue weighted by Crippen LogP contribution is -2.40. The van der Waals surface area contributed by atoms with E-state index >= 15 is 0 Å². The van der Waals surface area contributed by atoms with Gasteiger partial charge in [-0.25, -0.2) is 0 Å². The number of hydrogen-bond acceptors (Lipinski definition) is 3. The Morgan fingerprint density at radius 3 is 2.79 bits per heavy atom. The number of halogens is 1. The molecule has 0 fully saturated rings. The largest absolute Gasteiger partial charge is 0.452 e. The van der Waals surface area contributed by atoms with Crippen molar-refractivity contribution >= 4 is 15.9 Å². The molecule has 0 aliphatic rings. The van der Waals surface area contributed by atoms with Crippen LogP contribution in [0.15, 0.2) is 21.2 Å². The minimum absolute atomic E-state index is 0.246. The molecule has 4 heteroatoms. The molecule has 80 valence electrons. The van der Waals surface area contributed by atoms with E-state index in [4.69, 9.17) is 14.9 Å². The lowest BCUT2D eigenvalue weighted by molar-refractivity contribution is 0.0666. The Hall–Kier alpha value is -0.320. The van der Waals surface area contributed by atoms with E-state index in [9.17, 15) is 0 Å². The van der Waals surface area contributed by atoms with Gasteiger partial charge in [0.15, 0.2) is 4.67 Å². The highest BCUT2D eigenvalue weighted by Gasteiger charge is 2.15. The van der Waals surface area contributed by atoms with Crippen LogP contribution in [0.2, 0.25) is 0 Å². The maximum atomic E-state index is 5.92. The van der Waals surface area contributed by atoms with Crippen LogP contribution in [-0.2, 0) is 11.3 Å². The van der Waals surface area contributed by atoms with Crippen molar-refractivity contribution in [2.75, 3.05) is 6.61 Å². The first-order chi connectivity index (χ1) is 6.53. The predicted octanol–water partition coefficient (Wildman–Crippen LogP) is 2.69.